The highest BCUT2D eigenvalue weighted by Gasteiger charge is 2.15. The van der Waals surface area contributed by atoms with Crippen LogP contribution in [-0.4, -0.2) is 36.0 Å². The summed E-state index contributed by atoms with van der Waals surface area (Å²) in [6, 6.07) is 17.8. The highest BCUT2D eigenvalue weighted by molar-refractivity contribution is 6.08. The number of anilines is 1. The number of aromatic carboxylic acids is 1. The van der Waals surface area contributed by atoms with Crippen molar-refractivity contribution >= 4 is 39.8 Å². The first-order chi connectivity index (χ1) is 14.9. The van der Waals surface area contributed by atoms with Gasteiger partial charge in [-0.1, -0.05) is 36.4 Å². The first-order valence-electron chi connectivity index (χ1n) is 9.73. The number of carboxylic acids is 1. The molecule has 0 radical (unpaired) electrons. The molecule has 158 valence electrons. The van der Waals surface area contributed by atoms with Gasteiger partial charge in [-0.3, -0.25) is 9.59 Å². The molecule has 0 unspecified atom stereocenters. The summed E-state index contributed by atoms with van der Waals surface area (Å²) in [5.74, 6) is -2.10. The fraction of sp³-hybridized carbons (Fsp3) is 0.125. The molecule has 0 bridgehead atoms. The van der Waals surface area contributed by atoms with Crippen LogP contribution in [0.25, 0.3) is 16.3 Å². The van der Waals surface area contributed by atoms with E-state index < -0.39 is 17.8 Å². The maximum atomic E-state index is 12.6. The minimum atomic E-state index is -1.21. The molecule has 0 fully saturated rings. The summed E-state index contributed by atoms with van der Waals surface area (Å²) in [6.45, 7) is 2.37. The number of hydrogen-bond acceptors (Lipinski definition) is 4. The number of fused-ring (bicyclic) bond motifs is 1. The molecule has 5 N–H and O–H groups in total. The van der Waals surface area contributed by atoms with E-state index >= 15 is 0 Å². The maximum Gasteiger partial charge on any atom is 0.337 e. The van der Waals surface area contributed by atoms with Crippen molar-refractivity contribution in [1.82, 2.24) is 5.32 Å². The van der Waals surface area contributed by atoms with Crippen LogP contribution in [0.1, 0.15) is 33.2 Å². The average Bonchev–Trinajstić information content (AvgIpc) is 2.76. The molecule has 7 heteroatoms. The van der Waals surface area contributed by atoms with Gasteiger partial charge in [0.15, 0.2) is 0 Å². The van der Waals surface area contributed by atoms with Crippen molar-refractivity contribution in [2.75, 3.05) is 18.4 Å². The molecule has 2 amide bonds. The van der Waals surface area contributed by atoms with Gasteiger partial charge in [0.1, 0.15) is 0 Å². The first kappa shape index (κ1) is 21.7. The van der Waals surface area contributed by atoms with Crippen molar-refractivity contribution in [3.8, 4) is 0 Å². The first-order valence-corrected chi connectivity index (χ1v) is 9.73. The summed E-state index contributed by atoms with van der Waals surface area (Å²) in [6.07, 6.45) is 1.40. The fourth-order valence-electron chi connectivity index (χ4n) is 3.15. The van der Waals surface area contributed by atoms with Crippen molar-refractivity contribution in [3.63, 3.8) is 0 Å². The van der Waals surface area contributed by atoms with E-state index in [9.17, 15) is 19.5 Å². The number of rotatable bonds is 7. The Kier molecular flexibility index (Phi) is 6.79. The van der Waals surface area contributed by atoms with Crippen LogP contribution >= 0.6 is 0 Å². The average molecular weight is 417 g/mol. The van der Waals surface area contributed by atoms with Gasteiger partial charge >= 0.3 is 5.97 Å². The molecule has 31 heavy (non-hydrogen) atoms. The molecule has 0 aromatic heterocycles. The lowest BCUT2D eigenvalue weighted by molar-refractivity contribution is -0.111. The number of hydrogen-bond donors (Lipinski definition) is 4. The third kappa shape index (κ3) is 5.34. The molecule has 0 spiro atoms. The second kappa shape index (κ2) is 9.69. The standard InChI is InChI=1S/C24H23N3O4/c1-15(17-7-6-16-4-2-3-5-18(16)13-17)12-22(28)27-21-14-19(23(29)26-11-10-25)8-9-20(21)24(30)31/h2-9,12-14H,10-11,25H2,1H3,(H,26,29)(H,27,28)(H,30,31)/b15-12-. The molecule has 0 aliphatic heterocycles. The van der Waals surface area contributed by atoms with Crippen LogP contribution in [0.15, 0.2) is 66.7 Å². The summed E-state index contributed by atoms with van der Waals surface area (Å²) in [5, 5.41) is 16.8. The summed E-state index contributed by atoms with van der Waals surface area (Å²) in [4.78, 5) is 36.3. The zero-order valence-electron chi connectivity index (χ0n) is 17.0. The van der Waals surface area contributed by atoms with Crippen LogP contribution in [0.5, 0.6) is 0 Å². The largest absolute Gasteiger partial charge is 0.478 e. The van der Waals surface area contributed by atoms with E-state index in [1.807, 2.05) is 42.5 Å². The zero-order valence-corrected chi connectivity index (χ0v) is 17.0. The Bertz CT molecular complexity index is 1180. The Morgan fingerprint density at radius 1 is 0.968 bits per heavy atom. The van der Waals surface area contributed by atoms with E-state index in [0.717, 1.165) is 21.9 Å². The zero-order chi connectivity index (χ0) is 22.4. The number of carbonyl (C=O) groups excluding carboxylic acids is 2. The van der Waals surface area contributed by atoms with Crippen molar-refractivity contribution in [1.29, 1.82) is 0 Å². The SMILES string of the molecule is C/C(=C/C(=O)Nc1cc(C(=O)NCCN)ccc1C(=O)O)c1ccc2ccccc2c1. The lowest BCUT2D eigenvalue weighted by atomic mass is 10.0. The quantitative estimate of drug-likeness (QED) is 0.440. The number of amides is 2. The third-order valence-electron chi connectivity index (χ3n) is 4.75. The second-order valence-electron chi connectivity index (χ2n) is 6.99. The summed E-state index contributed by atoms with van der Waals surface area (Å²) in [7, 11) is 0. The monoisotopic (exact) mass is 417 g/mol. The van der Waals surface area contributed by atoms with Gasteiger partial charge in [0.2, 0.25) is 5.91 Å². The lowest BCUT2D eigenvalue weighted by Crippen LogP contribution is -2.29. The van der Waals surface area contributed by atoms with Crippen LogP contribution in [-0.2, 0) is 4.79 Å². The Morgan fingerprint density at radius 3 is 2.39 bits per heavy atom. The highest BCUT2D eigenvalue weighted by atomic mass is 16.4. The van der Waals surface area contributed by atoms with Gasteiger partial charge in [-0.25, -0.2) is 4.79 Å². The molecular formula is C24H23N3O4. The molecule has 0 atom stereocenters. The van der Waals surface area contributed by atoms with Crippen molar-refractivity contribution in [3.05, 3.63) is 83.4 Å². The van der Waals surface area contributed by atoms with Crippen LogP contribution in [0.2, 0.25) is 0 Å². The van der Waals surface area contributed by atoms with Crippen LogP contribution in [0, 0.1) is 0 Å². The van der Waals surface area contributed by atoms with Gasteiger partial charge in [-0.2, -0.15) is 0 Å². The van der Waals surface area contributed by atoms with E-state index in [-0.39, 0.29) is 29.9 Å². The predicted octanol–water partition coefficient (Wildman–Crippen LogP) is 3.27. The minimum Gasteiger partial charge on any atom is -0.478 e. The molecule has 3 aromatic rings. The predicted molar refractivity (Wildman–Crippen MR) is 121 cm³/mol. The van der Waals surface area contributed by atoms with Gasteiger partial charge in [-0.05, 0) is 53.1 Å². The number of carboxylic acid groups (broad SMARTS) is 1. The number of carbonyl (C=O) groups is 3. The molecule has 0 aliphatic rings. The third-order valence-corrected chi connectivity index (χ3v) is 4.75. The molecule has 3 aromatic carbocycles. The van der Waals surface area contributed by atoms with E-state index in [0.29, 0.717) is 0 Å². The number of allylic oxidation sites excluding steroid dienone is 1. The Balaban J connectivity index is 1.84. The van der Waals surface area contributed by atoms with E-state index in [1.54, 1.807) is 6.92 Å². The summed E-state index contributed by atoms with van der Waals surface area (Å²) < 4.78 is 0. The smallest absolute Gasteiger partial charge is 0.337 e. The van der Waals surface area contributed by atoms with Gasteiger partial charge in [-0.15, -0.1) is 0 Å². The van der Waals surface area contributed by atoms with E-state index in [1.165, 1.54) is 24.3 Å². The molecule has 0 saturated carbocycles. The number of nitrogens with two attached hydrogens (primary N) is 1. The van der Waals surface area contributed by atoms with Crippen LogP contribution in [0.4, 0.5) is 5.69 Å². The fourth-order valence-corrected chi connectivity index (χ4v) is 3.15. The molecule has 0 aliphatic carbocycles. The van der Waals surface area contributed by atoms with Gasteiger partial charge in [0.25, 0.3) is 5.91 Å². The van der Waals surface area contributed by atoms with Gasteiger partial charge in [0.05, 0.1) is 11.3 Å². The van der Waals surface area contributed by atoms with Gasteiger partial charge in [0, 0.05) is 24.7 Å². The Labute approximate surface area is 179 Å². The Morgan fingerprint density at radius 2 is 1.68 bits per heavy atom. The molecule has 7 nitrogen and oxygen atoms in total. The van der Waals surface area contributed by atoms with Gasteiger partial charge < -0.3 is 21.5 Å². The highest BCUT2D eigenvalue weighted by Crippen LogP contribution is 2.22. The van der Waals surface area contributed by atoms with Crippen molar-refractivity contribution in [2.45, 2.75) is 6.92 Å². The number of nitrogens with one attached hydrogen (secondary N) is 2. The Hall–Kier alpha value is -3.97. The second-order valence-corrected chi connectivity index (χ2v) is 6.99. The van der Waals surface area contributed by atoms with Crippen LogP contribution in [0.3, 0.4) is 0 Å². The normalized spacial score (nSPS) is 11.2. The van der Waals surface area contributed by atoms with E-state index in [2.05, 4.69) is 10.6 Å². The summed E-state index contributed by atoms with van der Waals surface area (Å²) in [5.41, 5.74) is 7.14. The maximum absolute atomic E-state index is 12.6. The van der Waals surface area contributed by atoms with Crippen molar-refractivity contribution < 1.29 is 19.5 Å². The lowest BCUT2D eigenvalue weighted by Gasteiger charge is -2.11. The molecule has 3 rings (SSSR count). The molecule has 0 saturated heterocycles. The number of benzene rings is 3. The van der Waals surface area contributed by atoms with E-state index in [4.69, 9.17) is 5.73 Å². The molecule has 0 heterocycles. The summed E-state index contributed by atoms with van der Waals surface area (Å²) >= 11 is 0. The molecular weight excluding hydrogens is 394 g/mol. The minimum absolute atomic E-state index is 0.0421. The van der Waals surface area contributed by atoms with Crippen LogP contribution < -0.4 is 16.4 Å². The topological polar surface area (TPSA) is 122 Å². The van der Waals surface area contributed by atoms with Crippen molar-refractivity contribution in [2.24, 2.45) is 5.73 Å².